The maximum absolute atomic E-state index is 11.7. The number of aromatic carboxylic acids is 1. The second-order valence-electron chi connectivity index (χ2n) is 7.68. The molecule has 1 saturated carbocycles. The molecule has 0 aliphatic heterocycles. The molecule has 2 N–H and O–H groups in total. The number of carboxylic acids is 1. The van der Waals surface area contributed by atoms with Crippen molar-refractivity contribution in [3.05, 3.63) is 58.0 Å². The maximum Gasteiger partial charge on any atom is 0.360 e. The Morgan fingerprint density at radius 3 is 2.48 bits per heavy atom. The molecule has 1 heterocycles. The second kappa shape index (κ2) is 6.02. The van der Waals surface area contributed by atoms with Crippen LogP contribution in [0, 0.1) is 5.41 Å². The van der Waals surface area contributed by atoms with Gasteiger partial charge in [0.15, 0.2) is 5.75 Å². The number of carboxylic acid groups (broad SMARTS) is 1. The third-order valence-electron chi connectivity index (χ3n) is 5.10. The van der Waals surface area contributed by atoms with Crippen LogP contribution in [0.4, 0.5) is 0 Å². The predicted octanol–water partition coefficient (Wildman–Crippen LogP) is 2.80. The molecule has 1 unspecified atom stereocenters. The SMILES string of the molecule is CC1(C)CCC(Cn2cc(O)c(=O)c(C(=O)O)n2)(c2ccccc2)C1. The summed E-state index contributed by atoms with van der Waals surface area (Å²) in [5.74, 6) is -2.02. The number of rotatable bonds is 4. The van der Waals surface area contributed by atoms with Crippen LogP contribution in [-0.2, 0) is 12.0 Å². The van der Waals surface area contributed by atoms with E-state index in [1.807, 2.05) is 18.2 Å². The highest BCUT2D eigenvalue weighted by Gasteiger charge is 2.44. The van der Waals surface area contributed by atoms with Gasteiger partial charge in [-0.05, 0) is 30.2 Å². The van der Waals surface area contributed by atoms with Gasteiger partial charge in [-0.3, -0.25) is 9.48 Å². The minimum Gasteiger partial charge on any atom is -0.503 e. The number of aromatic nitrogens is 2. The van der Waals surface area contributed by atoms with Gasteiger partial charge in [-0.2, -0.15) is 5.10 Å². The first-order valence-electron chi connectivity index (χ1n) is 8.32. The lowest BCUT2D eigenvalue weighted by atomic mass is 9.76. The van der Waals surface area contributed by atoms with Crippen LogP contribution in [0.15, 0.2) is 41.3 Å². The van der Waals surface area contributed by atoms with Gasteiger partial charge in [-0.25, -0.2) is 4.79 Å². The van der Waals surface area contributed by atoms with E-state index in [2.05, 4.69) is 31.1 Å². The molecule has 25 heavy (non-hydrogen) atoms. The lowest BCUT2D eigenvalue weighted by molar-refractivity contribution is 0.0684. The zero-order valence-corrected chi connectivity index (χ0v) is 14.4. The van der Waals surface area contributed by atoms with Crippen LogP contribution in [0.1, 0.15) is 49.2 Å². The van der Waals surface area contributed by atoms with E-state index in [0.717, 1.165) is 24.8 Å². The summed E-state index contributed by atoms with van der Waals surface area (Å²) >= 11 is 0. The van der Waals surface area contributed by atoms with Crippen molar-refractivity contribution in [1.29, 1.82) is 0 Å². The minimum atomic E-state index is -1.44. The van der Waals surface area contributed by atoms with Gasteiger partial charge in [0, 0.05) is 5.41 Å². The van der Waals surface area contributed by atoms with Crippen molar-refractivity contribution >= 4 is 5.97 Å². The Morgan fingerprint density at radius 2 is 1.92 bits per heavy atom. The van der Waals surface area contributed by atoms with E-state index in [9.17, 15) is 14.7 Å². The molecule has 1 aromatic heterocycles. The summed E-state index contributed by atoms with van der Waals surface area (Å²) < 4.78 is 1.40. The van der Waals surface area contributed by atoms with Gasteiger partial charge in [0.05, 0.1) is 12.7 Å². The molecule has 0 amide bonds. The summed E-state index contributed by atoms with van der Waals surface area (Å²) in [5.41, 5.74) is -0.496. The molecule has 1 fully saturated rings. The molecule has 132 valence electrons. The molecule has 1 atom stereocenters. The summed E-state index contributed by atoms with van der Waals surface area (Å²) in [6, 6.07) is 10.1. The lowest BCUT2D eigenvalue weighted by Gasteiger charge is -2.32. The van der Waals surface area contributed by atoms with E-state index >= 15 is 0 Å². The summed E-state index contributed by atoms with van der Waals surface area (Å²) in [4.78, 5) is 23.0. The van der Waals surface area contributed by atoms with Crippen molar-refractivity contribution in [2.75, 3.05) is 0 Å². The van der Waals surface area contributed by atoms with Crippen LogP contribution >= 0.6 is 0 Å². The molecular weight excluding hydrogens is 320 g/mol. The van der Waals surface area contributed by atoms with Crippen molar-refractivity contribution < 1.29 is 15.0 Å². The van der Waals surface area contributed by atoms with Gasteiger partial charge in [0.1, 0.15) is 0 Å². The van der Waals surface area contributed by atoms with Crippen molar-refractivity contribution in [2.24, 2.45) is 5.41 Å². The van der Waals surface area contributed by atoms with Gasteiger partial charge in [-0.15, -0.1) is 0 Å². The van der Waals surface area contributed by atoms with E-state index in [-0.39, 0.29) is 10.8 Å². The molecule has 6 heteroatoms. The summed E-state index contributed by atoms with van der Waals surface area (Å²) in [6.07, 6.45) is 4.12. The van der Waals surface area contributed by atoms with E-state index in [1.165, 1.54) is 10.9 Å². The first-order chi connectivity index (χ1) is 11.7. The number of carbonyl (C=O) groups is 1. The number of aromatic hydroxyl groups is 1. The fourth-order valence-corrected chi connectivity index (χ4v) is 3.99. The van der Waals surface area contributed by atoms with Crippen LogP contribution < -0.4 is 5.43 Å². The fraction of sp³-hybridized carbons (Fsp3) is 0.421. The van der Waals surface area contributed by atoms with Gasteiger partial charge in [0.25, 0.3) is 5.43 Å². The average Bonchev–Trinajstić information content (AvgIpc) is 2.87. The average molecular weight is 342 g/mol. The first kappa shape index (κ1) is 17.2. The van der Waals surface area contributed by atoms with Gasteiger partial charge >= 0.3 is 5.97 Å². The topological polar surface area (TPSA) is 92.4 Å². The minimum absolute atomic E-state index is 0.159. The molecular formula is C19H22N2O4. The largest absolute Gasteiger partial charge is 0.503 e. The highest BCUT2D eigenvalue weighted by atomic mass is 16.4. The summed E-state index contributed by atoms with van der Waals surface area (Å²) in [7, 11) is 0. The van der Waals surface area contributed by atoms with Crippen LogP contribution in [0.2, 0.25) is 0 Å². The summed E-state index contributed by atoms with van der Waals surface area (Å²) in [5, 5.41) is 22.9. The standard InChI is InChI=1S/C19H22N2O4/c1-18(2)8-9-19(11-18,13-6-4-3-5-7-13)12-21-10-14(22)16(23)15(20-21)17(24)25/h3-7,10,22H,8-9,11-12H2,1-2H3,(H,24,25). The van der Waals surface area contributed by atoms with Crippen LogP contribution in [-0.4, -0.2) is 26.0 Å². The number of nitrogens with zero attached hydrogens (tertiary/aromatic N) is 2. The normalized spacial score (nSPS) is 22.0. The second-order valence-corrected chi connectivity index (χ2v) is 7.68. The fourth-order valence-electron chi connectivity index (χ4n) is 3.99. The molecule has 0 spiro atoms. The Balaban J connectivity index is 2.06. The molecule has 0 radical (unpaired) electrons. The van der Waals surface area contributed by atoms with Crippen LogP contribution in [0.25, 0.3) is 0 Å². The van der Waals surface area contributed by atoms with Crippen molar-refractivity contribution in [2.45, 2.75) is 45.1 Å². The molecule has 6 nitrogen and oxygen atoms in total. The molecule has 0 bridgehead atoms. The molecule has 0 saturated heterocycles. The Labute approximate surface area is 145 Å². The number of hydrogen-bond donors (Lipinski definition) is 2. The van der Waals surface area contributed by atoms with Crippen molar-refractivity contribution in [3.63, 3.8) is 0 Å². The van der Waals surface area contributed by atoms with E-state index in [1.54, 1.807) is 0 Å². The lowest BCUT2D eigenvalue weighted by Crippen LogP contribution is -2.32. The van der Waals surface area contributed by atoms with Gasteiger partial charge in [-0.1, -0.05) is 44.2 Å². The van der Waals surface area contributed by atoms with E-state index in [4.69, 9.17) is 5.11 Å². The Morgan fingerprint density at radius 1 is 1.24 bits per heavy atom. The van der Waals surface area contributed by atoms with Crippen molar-refractivity contribution in [1.82, 2.24) is 9.78 Å². The molecule has 1 aromatic carbocycles. The predicted molar refractivity (Wildman–Crippen MR) is 92.9 cm³/mol. The number of hydrogen-bond acceptors (Lipinski definition) is 4. The molecule has 1 aliphatic carbocycles. The maximum atomic E-state index is 11.7. The Hall–Kier alpha value is -2.63. The Kier molecular flexibility index (Phi) is 4.14. The zero-order chi connectivity index (χ0) is 18.2. The number of benzene rings is 1. The zero-order valence-electron chi connectivity index (χ0n) is 14.4. The first-order valence-corrected chi connectivity index (χ1v) is 8.32. The van der Waals surface area contributed by atoms with Crippen LogP contribution in [0.5, 0.6) is 5.75 Å². The molecule has 2 aromatic rings. The third-order valence-corrected chi connectivity index (χ3v) is 5.10. The van der Waals surface area contributed by atoms with Gasteiger partial charge in [0.2, 0.25) is 5.69 Å². The Bertz CT molecular complexity index is 857. The summed E-state index contributed by atoms with van der Waals surface area (Å²) in [6.45, 7) is 4.85. The van der Waals surface area contributed by atoms with Crippen molar-refractivity contribution in [3.8, 4) is 5.75 Å². The van der Waals surface area contributed by atoms with E-state index in [0.29, 0.717) is 6.54 Å². The highest BCUT2D eigenvalue weighted by Crippen LogP contribution is 2.51. The van der Waals surface area contributed by atoms with E-state index < -0.39 is 22.8 Å². The molecule has 3 rings (SSSR count). The third kappa shape index (κ3) is 3.29. The monoisotopic (exact) mass is 342 g/mol. The van der Waals surface area contributed by atoms with Gasteiger partial charge < -0.3 is 10.2 Å². The van der Waals surface area contributed by atoms with Crippen LogP contribution in [0.3, 0.4) is 0 Å². The smallest absolute Gasteiger partial charge is 0.360 e. The highest BCUT2D eigenvalue weighted by molar-refractivity contribution is 5.85. The molecule has 1 aliphatic rings. The quantitative estimate of drug-likeness (QED) is 0.891.